The molecule has 2 aromatic heterocycles. The fourth-order valence-corrected chi connectivity index (χ4v) is 1.60. The number of nitrogens with two attached hydrogens (primary N) is 1. The van der Waals surface area contributed by atoms with Gasteiger partial charge in [-0.3, -0.25) is 0 Å². The predicted octanol–water partition coefficient (Wildman–Crippen LogP) is 1.47. The minimum absolute atomic E-state index is 0.184. The molecule has 2 aromatic rings. The molecule has 6 heteroatoms. The molecule has 0 saturated carbocycles. The summed E-state index contributed by atoms with van der Waals surface area (Å²) in [6.07, 6.45) is 3.17. The van der Waals surface area contributed by atoms with Crippen molar-refractivity contribution in [2.24, 2.45) is 5.41 Å². The number of rotatable bonds is 4. The number of aromatic nitrogens is 4. The van der Waals surface area contributed by atoms with Gasteiger partial charge >= 0.3 is 0 Å². The fourth-order valence-electron chi connectivity index (χ4n) is 1.60. The van der Waals surface area contributed by atoms with Crippen LogP contribution in [0.15, 0.2) is 12.7 Å². The third kappa shape index (κ3) is 2.95. The third-order valence-electron chi connectivity index (χ3n) is 2.44. The van der Waals surface area contributed by atoms with Crippen LogP contribution in [0.3, 0.4) is 0 Å². The topological polar surface area (TPSA) is 78.9 Å². The summed E-state index contributed by atoms with van der Waals surface area (Å²) in [6.45, 7) is 8.51. The summed E-state index contributed by atoms with van der Waals surface area (Å²) in [5, 5.41) is 0. The van der Waals surface area contributed by atoms with Gasteiger partial charge in [-0.1, -0.05) is 20.8 Å². The first-order valence-electron chi connectivity index (χ1n) is 5.96. The van der Waals surface area contributed by atoms with Crippen LogP contribution in [0.25, 0.3) is 11.2 Å². The number of nitrogens with zero attached hydrogens (tertiary/aromatic N) is 4. The smallest absolute Gasteiger partial charge is 0.165 e. The molecule has 18 heavy (non-hydrogen) atoms. The molecule has 0 unspecified atom stereocenters. The highest BCUT2D eigenvalue weighted by Crippen LogP contribution is 2.15. The zero-order valence-corrected chi connectivity index (χ0v) is 11.1. The van der Waals surface area contributed by atoms with Crippen molar-refractivity contribution >= 4 is 17.0 Å². The number of imidazole rings is 1. The van der Waals surface area contributed by atoms with Gasteiger partial charge in [0, 0.05) is 6.54 Å². The Morgan fingerprint density at radius 3 is 2.78 bits per heavy atom. The van der Waals surface area contributed by atoms with Crippen LogP contribution in [0, 0.1) is 5.41 Å². The molecule has 98 valence electrons. The van der Waals surface area contributed by atoms with E-state index in [2.05, 4.69) is 35.7 Å². The van der Waals surface area contributed by atoms with Gasteiger partial charge in [-0.05, 0) is 5.41 Å². The van der Waals surface area contributed by atoms with Gasteiger partial charge < -0.3 is 15.0 Å². The van der Waals surface area contributed by atoms with Crippen molar-refractivity contribution in [3.05, 3.63) is 12.7 Å². The molecule has 0 atom stereocenters. The number of ether oxygens (including phenoxy) is 1. The Morgan fingerprint density at radius 2 is 2.06 bits per heavy atom. The molecular formula is C12H19N5O. The highest BCUT2D eigenvalue weighted by molar-refractivity contribution is 5.80. The van der Waals surface area contributed by atoms with Gasteiger partial charge in [-0.25, -0.2) is 15.0 Å². The molecule has 0 fully saturated rings. The maximum absolute atomic E-state index is 5.72. The van der Waals surface area contributed by atoms with Crippen LogP contribution in [0.4, 0.5) is 5.82 Å². The number of hydrogen-bond donors (Lipinski definition) is 1. The average molecular weight is 249 g/mol. The van der Waals surface area contributed by atoms with Gasteiger partial charge in [-0.15, -0.1) is 0 Å². The van der Waals surface area contributed by atoms with Gasteiger partial charge in [0.2, 0.25) is 0 Å². The van der Waals surface area contributed by atoms with Crippen LogP contribution in [0.1, 0.15) is 20.8 Å². The molecule has 0 aliphatic rings. The molecule has 2 N–H and O–H groups in total. The Balaban J connectivity index is 1.98. The standard InChI is InChI=1S/C12H19N5O/c1-12(2,3)6-18-5-4-17-8-16-9-10(13)14-7-15-11(9)17/h7-8H,4-6H2,1-3H3,(H2,13,14,15). The van der Waals surface area contributed by atoms with Crippen LogP contribution in [0.2, 0.25) is 0 Å². The molecule has 2 rings (SSSR count). The van der Waals surface area contributed by atoms with Crippen LogP contribution in [-0.4, -0.2) is 32.7 Å². The fraction of sp³-hybridized carbons (Fsp3) is 0.583. The van der Waals surface area contributed by atoms with Gasteiger partial charge in [0.1, 0.15) is 11.8 Å². The normalized spacial score (nSPS) is 12.2. The quantitative estimate of drug-likeness (QED) is 0.830. The lowest BCUT2D eigenvalue weighted by atomic mass is 9.99. The molecule has 0 radical (unpaired) electrons. The van der Waals surface area contributed by atoms with Gasteiger partial charge in [0.25, 0.3) is 0 Å². The SMILES string of the molecule is CC(C)(C)COCCn1cnc2c(N)ncnc21. The van der Waals surface area contributed by atoms with E-state index < -0.39 is 0 Å². The van der Waals surface area contributed by atoms with E-state index in [0.717, 1.165) is 12.3 Å². The minimum Gasteiger partial charge on any atom is -0.382 e. The van der Waals surface area contributed by atoms with Crippen LogP contribution in [-0.2, 0) is 11.3 Å². The second-order valence-corrected chi connectivity index (χ2v) is 5.48. The van der Waals surface area contributed by atoms with Crippen LogP contribution in [0.5, 0.6) is 0 Å². The third-order valence-corrected chi connectivity index (χ3v) is 2.44. The predicted molar refractivity (Wildman–Crippen MR) is 70.0 cm³/mol. The Labute approximate surface area is 106 Å². The molecular weight excluding hydrogens is 230 g/mol. The number of hydrogen-bond acceptors (Lipinski definition) is 5. The summed E-state index contributed by atoms with van der Waals surface area (Å²) < 4.78 is 7.55. The molecule has 0 amide bonds. The van der Waals surface area contributed by atoms with E-state index in [1.54, 1.807) is 6.33 Å². The molecule has 0 spiro atoms. The van der Waals surface area contributed by atoms with E-state index in [-0.39, 0.29) is 5.41 Å². The molecule has 0 aromatic carbocycles. The lowest BCUT2D eigenvalue weighted by molar-refractivity contribution is 0.0665. The first-order valence-corrected chi connectivity index (χ1v) is 5.96. The first kappa shape index (κ1) is 12.8. The lowest BCUT2D eigenvalue weighted by Crippen LogP contribution is -2.17. The molecule has 0 saturated heterocycles. The minimum atomic E-state index is 0.184. The van der Waals surface area contributed by atoms with E-state index in [9.17, 15) is 0 Å². The zero-order chi connectivity index (χ0) is 13.2. The summed E-state index contributed by atoms with van der Waals surface area (Å²) in [7, 11) is 0. The second kappa shape index (κ2) is 4.89. The van der Waals surface area contributed by atoms with Gasteiger partial charge in [0.15, 0.2) is 11.5 Å². The largest absolute Gasteiger partial charge is 0.382 e. The Bertz CT molecular complexity index is 529. The van der Waals surface area contributed by atoms with Gasteiger partial charge in [0.05, 0.1) is 19.5 Å². The molecule has 2 heterocycles. The van der Waals surface area contributed by atoms with Crippen molar-refractivity contribution < 1.29 is 4.74 Å². The summed E-state index contributed by atoms with van der Waals surface area (Å²) in [4.78, 5) is 12.3. The van der Waals surface area contributed by atoms with Crippen molar-refractivity contribution in [3.8, 4) is 0 Å². The van der Waals surface area contributed by atoms with Gasteiger partial charge in [-0.2, -0.15) is 0 Å². The van der Waals surface area contributed by atoms with Crippen LogP contribution < -0.4 is 5.73 Å². The van der Waals surface area contributed by atoms with Crippen LogP contribution >= 0.6 is 0 Å². The van der Waals surface area contributed by atoms with E-state index in [1.807, 2.05) is 4.57 Å². The average Bonchev–Trinajstić information content (AvgIpc) is 2.68. The maximum atomic E-state index is 5.72. The zero-order valence-electron chi connectivity index (χ0n) is 11.1. The van der Waals surface area contributed by atoms with Crippen molar-refractivity contribution in [2.45, 2.75) is 27.3 Å². The number of fused-ring (bicyclic) bond motifs is 1. The number of anilines is 1. The Hall–Kier alpha value is -1.69. The summed E-state index contributed by atoms with van der Waals surface area (Å²) >= 11 is 0. The second-order valence-electron chi connectivity index (χ2n) is 5.48. The Kier molecular flexibility index (Phi) is 3.47. The summed E-state index contributed by atoms with van der Waals surface area (Å²) in [5.74, 6) is 0.411. The monoisotopic (exact) mass is 249 g/mol. The molecule has 6 nitrogen and oxygen atoms in total. The van der Waals surface area contributed by atoms with E-state index >= 15 is 0 Å². The van der Waals surface area contributed by atoms with Crippen molar-refractivity contribution in [3.63, 3.8) is 0 Å². The van der Waals surface area contributed by atoms with Crippen molar-refractivity contribution in [1.82, 2.24) is 19.5 Å². The summed E-state index contributed by atoms with van der Waals surface area (Å²) in [6, 6.07) is 0. The highest BCUT2D eigenvalue weighted by atomic mass is 16.5. The Morgan fingerprint density at radius 1 is 1.28 bits per heavy atom. The highest BCUT2D eigenvalue weighted by Gasteiger charge is 2.11. The molecule has 0 bridgehead atoms. The molecule has 0 aliphatic heterocycles. The van der Waals surface area contributed by atoms with Crippen molar-refractivity contribution in [2.75, 3.05) is 18.9 Å². The maximum Gasteiger partial charge on any atom is 0.165 e. The molecule has 0 aliphatic carbocycles. The summed E-state index contributed by atoms with van der Waals surface area (Å²) in [5.41, 5.74) is 7.31. The van der Waals surface area contributed by atoms with E-state index in [1.165, 1.54) is 6.33 Å². The first-order chi connectivity index (χ1) is 8.47. The van der Waals surface area contributed by atoms with E-state index in [4.69, 9.17) is 10.5 Å². The number of nitrogen functional groups attached to an aromatic ring is 1. The van der Waals surface area contributed by atoms with E-state index in [0.29, 0.717) is 24.5 Å². The van der Waals surface area contributed by atoms with Crippen molar-refractivity contribution in [1.29, 1.82) is 0 Å². The lowest BCUT2D eigenvalue weighted by Gasteiger charge is -2.18.